The van der Waals surface area contributed by atoms with Crippen LogP contribution in [0.4, 0.5) is 0 Å². The zero-order valence-corrected chi connectivity index (χ0v) is 19.3. The summed E-state index contributed by atoms with van der Waals surface area (Å²) in [5.41, 5.74) is 1.15. The monoisotopic (exact) mass is 478 g/mol. The quantitative estimate of drug-likeness (QED) is 0.350. The fraction of sp³-hybridized carbons (Fsp3) is 0.231. The Morgan fingerprint density at radius 2 is 1.03 bits per heavy atom. The van der Waals surface area contributed by atoms with Gasteiger partial charge in [-0.1, -0.05) is 60.7 Å². The number of aryl methyl sites for hydroxylation is 2. The van der Waals surface area contributed by atoms with Crippen LogP contribution in [0.2, 0.25) is 0 Å². The first-order valence-electron chi connectivity index (χ1n) is 10.9. The van der Waals surface area contributed by atoms with E-state index < -0.39 is 35.8 Å². The Balaban J connectivity index is 1.82. The van der Waals surface area contributed by atoms with Gasteiger partial charge < -0.3 is 25.3 Å². The maximum atomic E-state index is 13.1. The maximum Gasteiger partial charge on any atom is 0.326 e. The Morgan fingerprint density at radius 1 is 0.686 bits per heavy atom. The van der Waals surface area contributed by atoms with Crippen LogP contribution >= 0.6 is 0 Å². The first-order chi connectivity index (χ1) is 16.7. The van der Waals surface area contributed by atoms with E-state index in [1.165, 1.54) is 13.8 Å². The lowest BCUT2D eigenvalue weighted by Gasteiger charge is -2.17. The Hall–Kier alpha value is -4.40. The van der Waals surface area contributed by atoms with Gasteiger partial charge in [0.05, 0.1) is 11.1 Å². The first-order valence-corrected chi connectivity index (χ1v) is 10.9. The van der Waals surface area contributed by atoms with Gasteiger partial charge in [-0.25, -0.2) is 9.59 Å². The third-order valence-electron chi connectivity index (χ3n) is 5.49. The maximum absolute atomic E-state index is 13.1. The standard InChI is InChI=1S/C26H26N2O7/c1-15-21(23(29)27-19(25(31)32)13-17-9-5-3-6-10-17)22(16(2)35-15)24(30)28-20(26(33)34)14-18-11-7-4-8-12-18/h3-12,19-20H,13-14H2,1-2H3,(H,27,29)(H,28,30)(H,31,32)(H,33,34)/t19-,20+. The highest BCUT2D eigenvalue weighted by atomic mass is 16.4. The molecule has 1 heterocycles. The van der Waals surface area contributed by atoms with E-state index in [-0.39, 0.29) is 35.5 Å². The number of nitrogens with one attached hydrogen (secondary N) is 2. The molecule has 0 unspecified atom stereocenters. The number of carboxylic acid groups (broad SMARTS) is 2. The summed E-state index contributed by atoms with van der Waals surface area (Å²) in [5, 5.41) is 24.1. The Bertz CT molecular complexity index is 1130. The van der Waals surface area contributed by atoms with Crippen molar-refractivity contribution in [3.8, 4) is 0 Å². The normalized spacial score (nSPS) is 12.4. The molecule has 0 fully saturated rings. The van der Waals surface area contributed by atoms with Crippen molar-refractivity contribution >= 4 is 23.8 Å². The summed E-state index contributed by atoms with van der Waals surface area (Å²) in [6.07, 6.45) is 0.0783. The number of furan rings is 1. The van der Waals surface area contributed by atoms with Crippen molar-refractivity contribution in [1.82, 2.24) is 10.6 Å². The van der Waals surface area contributed by atoms with Crippen LogP contribution in [0.25, 0.3) is 0 Å². The number of aliphatic carboxylic acids is 2. The van der Waals surface area contributed by atoms with Crippen molar-refractivity contribution in [3.63, 3.8) is 0 Å². The highest BCUT2D eigenvalue weighted by molar-refractivity contribution is 6.10. The number of hydrogen-bond donors (Lipinski definition) is 4. The van der Waals surface area contributed by atoms with Crippen molar-refractivity contribution in [1.29, 1.82) is 0 Å². The van der Waals surface area contributed by atoms with Gasteiger partial charge in [-0.2, -0.15) is 0 Å². The lowest BCUT2D eigenvalue weighted by molar-refractivity contribution is -0.140. The topological polar surface area (TPSA) is 146 Å². The molecule has 9 nitrogen and oxygen atoms in total. The molecule has 0 radical (unpaired) electrons. The molecule has 0 aliphatic rings. The third kappa shape index (κ3) is 6.35. The highest BCUT2D eigenvalue weighted by Gasteiger charge is 2.31. The first kappa shape index (κ1) is 25.2. The molecule has 2 atom stereocenters. The fourth-order valence-corrected chi connectivity index (χ4v) is 3.79. The summed E-state index contributed by atoms with van der Waals surface area (Å²) < 4.78 is 5.49. The minimum absolute atomic E-state index is 0.0392. The van der Waals surface area contributed by atoms with Crippen molar-refractivity contribution in [2.45, 2.75) is 38.8 Å². The Morgan fingerprint density at radius 3 is 1.34 bits per heavy atom. The van der Waals surface area contributed by atoms with Gasteiger partial charge in [-0.3, -0.25) is 9.59 Å². The largest absolute Gasteiger partial charge is 0.480 e. The molecular formula is C26H26N2O7. The molecule has 1 aromatic heterocycles. The van der Waals surface area contributed by atoms with Gasteiger partial charge in [0.2, 0.25) is 0 Å². The summed E-state index contributed by atoms with van der Waals surface area (Å²) >= 11 is 0. The zero-order chi connectivity index (χ0) is 25.5. The lowest BCUT2D eigenvalue weighted by Crippen LogP contribution is -2.45. The van der Waals surface area contributed by atoms with Crippen LogP contribution in [0.1, 0.15) is 43.4 Å². The van der Waals surface area contributed by atoms with Gasteiger partial charge >= 0.3 is 11.9 Å². The predicted octanol–water partition coefficient (Wildman–Crippen LogP) is 2.75. The van der Waals surface area contributed by atoms with Crippen LogP contribution in [0, 0.1) is 13.8 Å². The van der Waals surface area contributed by atoms with Crippen LogP contribution in [-0.4, -0.2) is 46.0 Å². The van der Waals surface area contributed by atoms with E-state index in [1.54, 1.807) is 60.7 Å². The number of carbonyl (C=O) groups is 4. The molecule has 35 heavy (non-hydrogen) atoms. The molecule has 3 aromatic rings. The van der Waals surface area contributed by atoms with Crippen molar-refractivity contribution in [2.75, 3.05) is 0 Å². The average Bonchev–Trinajstić information content (AvgIpc) is 3.13. The van der Waals surface area contributed by atoms with E-state index in [0.29, 0.717) is 11.1 Å². The number of hydrogen-bond acceptors (Lipinski definition) is 5. The summed E-state index contributed by atoms with van der Waals surface area (Å²) in [6.45, 7) is 2.95. The molecule has 2 aromatic carbocycles. The van der Waals surface area contributed by atoms with Crippen LogP contribution in [0.15, 0.2) is 65.1 Å². The Kier molecular flexibility index (Phi) is 8.04. The van der Waals surface area contributed by atoms with Crippen LogP contribution in [0.5, 0.6) is 0 Å². The number of carbonyl (C=O) groups excluding carboxylic acids is 2. The van der Waals surface area contributed by atoms with Crippen molar-refractivity contribution in [2.24, 2.45) is 0 Å². The van der Waals surface area contributed by atoms with Gasteiger partial charge in [0, 0.05) is 12.8 Å². The smallest absolute Gasteiger partial charge is 0.326 e. The molecule has 0 aliphatic carbocycles. The molecule has 182 valence electrons. The Labute approximate surface area is 201 Å². The average molecular weight is 479 g/mol. The SMILES string of the molecule is Cc1oc(C)c(C(=O)N[C@H](Cc2ccccc2)C(=O)O)c1C(=O)N[C@@H](Cc1ccccc1)C(=O)O. The molecule has 4 N–H and O–H groups in total. The molecule has 9 heteroatoms. The number of amides is 2. The highest BCUT2D eigenvalue weighted by Crippen LogP contribution is 2.23. The minimum Gasteiger partial charge on any atom is -0.480 e. The lowest BCUT2D eigenvalue weighted by atomic mass is 10.0. The van der Waals surface area contributed by atoms with Gasteiger partial charge in [0.15, 0.2) is 0 Å². The minimum atomic E-state index is -1.25. The van der Waals surface area contributed by atoms with E-state index in [1.807, 2.05) is 0 Å². The van der Waals surface area contributed by atoms with E-state index in [0.717, 1.165) is 0 Å². The van der Waals surface area contributed by atoms with Gasteiger partial charge in [0.1, 0.15) is 23.6 Å². The summed E-state index contributed by atoms with van der Waals surface area (Å²) in [4.78, 5) is 49.8. The van der Waals surface area contributed by atoms with E-state index in [2.05, 4.69) is 10.6 Å². The fourth-order valence-electron chi connectivity index (χ4n) is 3.79. The summed E-state index contributed by atoms with van der Waals surface area (Å²) in [7, 11) is 0. The van der Waals surface area contributed by atoms with Crippen LogP contribution in [0.3, 0.4) is 0 Å². The zero-order valence-electron chi connectivity index (χ0n) is 19.3. The number of carboxylic acids is 2. The molecule has 3 rings (SSSR count). The molecule has 0 aliphatic heterocycles. The van der Waals surface area contributed by atoms with Gasteiger partial charge in [-0.05, 0) is 25.0 Å². The molecule has 0 spiro atoms. The summed E-state index contributed by atoms with van der Waals surface area (Å²) in [6, 6.07) is 15.1. The molecule has 2 amide bonds. The molecular weight excluding hydrogens is 452 g/mol. The third-order valence-corrected chi connectivity index (χ3v) is 5.49. The van der Waals surface area contributed by atoms with E-state index >= 15 is 0 Å². The van der Waals surface area contributed by atoms with Crippen molar-refractivity contribution < 1.29 is 33.8 Å². The summed E-state index contributed by atoms with van der Waals surface area (Å²) in [5.74, 6) is -3.85. The second-order valence-electron chi connectivity index (χ2n) is 8.07. The van der Waals surface area contributed by atoms with E-state index in [4.69, 9.17) is 4.42 Å². The van der Waals surface area contributed by atoms with Crippen molar-refractivity contribution in [3.05, 3.63) is 94.4 Å². The van der Waals surface area contributed by atoms with Gasteiger partial charge in [0.25, 0.3) is 11.8 Å². The predicted molar refractivity (Wildman–Crippen MR) is 126 cm³/mol. The van der Waals surface area contributed by atoms with Crippen LogP contribution in [-0.2, 0) is 22.4 Å². The molecule has 0 saturated heterocycles. The number of benzene rings is 2. The molecule has 0 bridgehead atoms. The van der Waals surface area contributed by atoms with E-state index in [9.17, 15) is 29.4 Å². The van der Waals surface area contributed by atoms with Gasteiger partial charge in [-0.15, -0.1) is 0 Å². The van der Waals surface area contributed by atoms with Crippen LogP contribution < -0.4 is 10.6 Å². The molecule has 0 saturated carbocycles. The second-order valence-corrected chi connectivity index (χ2v) is 8.07. The second kappa shape index (κ2) is 11.1. The number of rotatable bonds is 10.